The Hall–Kier alpha value is -2.15. The molecule has 0 atom stereocenters. The summed E-state index contributed by atoms with van der Waals surface area (Å²) in [7, 11) is 1.98. The number of nitrogens with zero attached hydrogens (tertiary/aromatic N) is 4. The number of carbonyl (C=O) groups is 1. The molecule has 0 saturated heterocycles. The predicted octanol–water partition coefficient (Wildman–Crippen LogP) is 3.33. The first-order chi connectivity index (χ1) is 12.5. The zero-order valence-corrected chi connectivity index (χ0v) is 16.6. The first-order valence-electron chi connectivity index (χ1n) is 9.00. The molecule has 0 aliphatic carbocycles. The molecule has 2 heterocycles. The number of hydrogen-bond acceptors (Lipinski definition) is 5. The van der Waals surface area contributed by atoms with Crippen LogP contribution in [-0.2, 0) is 18.3 Å². The molecule has 0 saturated carbocycles. The zero-order valence-electron chi connectivity index (χ0n) is 15.7. The van der Waals surface area contributed by atoms with Crippen LogP contribution in [0.2, 0.25) is 0 Å². The lowest BCUT2D eigenvalue weighted by Gasteiger charge is -2.06. The van der Waals surface area contributed by atoms with Crippen molar-refractivity contribution in [2.24, 2.45) is 13.0 Å². The Bertz CT molecular complexity index is 934. The number of benzene rings is 1. The summed E-state index contributed by atoms with van der Waals surface area (Å²) in [6.45, 7) is 7.13. The molecule has 1 N–H and O–H groups in total. The molecule has 138 valence electrons. The van der Waals surface area contributed by atoms with Gasteiger partial charge >= 0.3 is 0 Å². The van der Waals surface area contributed by atoms with E-state index in [0.29, 0.717) is 23.4 Å². The Kier molecular flexibility index (Phi) is 5.76. The van der Waals surface area contributed by atoms with Crippen molar-refractivity contribution < 1.29 is 4.79 Å². The van der Waals surface area contributed by atoms with Crippen molar-refractivity contribution in [2.75, 3.05) is 12.3 Å². The molecule has 0 unspecified atom stereocenters. The second kappa shape index (κ2) is 8.03. The molecule has 1 amide bonds. The minimum absolute atomic E-state index is 0.00368. The van der Waals surface area contributed by atoms with Gasteiger partial charge in [-0.1, -0.05) is 38.6 Å². The number of fused-ring (bicyclic) bond motifs is 3. The molecular weight excluding hydrogens is 346 g/mol. The highest BCUT2D eigenvalue weighted by molar-refractivity contribution is 7.99. The Morgan fingerprint density at radius 2 is 2.12 bits per heavy atom. The van der Waals surface area contributed by atoms with E-state index in [1.807, 2.05) is 11.6 Å². The molecule has 0 aliphatic rings. The van der Waals surface area contributed by atoms with Crippen LogP contribution in [0.5, 0.6) is 0 Å². The van der Waals surface area contributed by atoms with E-state index in [4.69, 9.17) is 0 Å². The van der Waals surface area contributed by atoms with Gasteiger partial charge in [0.25, 0.3) is 0 Å². The average Bonchev–Trinajstić information content (AvgIpc) is 2.91. The van der Waals surface area contributed by atoms with Crippen molar-refractivity contribution in [1.82, 2.24) is 25.1 Å². The number of amides is 1. The fourth-order valence-electron chi connectivity index (χ4n) is 2.85. The lowest BCUT2D eigenvalue weighted by Crippen LogP contribution is -2.27. The van der Waals surface area contributed by atoms with Gasteiger partial charge in [-0.3, -0.25) is 4.79 Å². The Morgan fingerprint density at radius 1 is 1.31 bits per heavy atom. The molecule has 0 spiro atoms. The summed E-state index contributed by atoms with van der Waals surface area (Å²) in [5, 5.41) is 13.1. The molecule has 7 heteroatoms. The third kappa shape index (κ3) is 3.98. The molecule has 0 bridgehead atoms. The maximum atomic E-state index is 11.9. The Morgan fingerprint density at radius 3 is 2.85 bits per heavy atom. The van der Waals surface area contributed by atoms with Crippen LogP contribution in [0.3, 0.4) is 0 Å². The van der Waals surface area contributed by atoms with Gasteiger partial charge in [-0.05, 0) is 36.5 Å². The standard InChI is InChI=1S/C19H25N5OS/c1-5-13-6-7-15-14(10-13)17-18(24(15)4)21-19(23-22-17)26-11-16(25)20-9-8-12(2)3/h6-7,10,12H,5,8-9,11H2,1-4H3,(H,20,25). The first kappa shape index (κ1) is 18.6. The summed E-state index contributed by atoms with van der Waals surface area (Å²) in [5.74, 6) is 0.886. The van der Waals surface area contributed by atoms with Gasteiger partial charge in [0.15, 0.2) is 5.65 Å². The number of nitrogens with one attached hydrogen (secondary N) is 1. The molecule has 3 aromatic rings. The third-order valence-corrected chi connectivity index (χ3v) is 5.27. The fourth-order valence-corrected chi connectivity index (χ4v) is 3.47. The Balaban J connectivity index is 1.76. The van der Waals surface area contributed by atoms with Crippen molar-refractivity contribution in [3.8, 4) is 0 Å². The third-order valence-electron chi connectivity index (χ3n) is 4.43. The topological polar surface area (TPSA) is 72.7 Å². The van der Waals surface area contributed by atoms with Gasteiger partial charge in [0, 0.05) is 19.0 Å². The minimum atomic E-state index is 0.00368. The Labute approximate surface area is 157 Å². The molecule has 2 aromatic heterocycles. The smallest absolute Gasteiger partial charge is 0.230 e. The van der Waals surface area contributed by atoms with Crippen molar-refractivity contribution in [1.29, 1.82) is 0 Å². The highest BCUT2D eigenvalue weighted by Crippen LogP contribution is 2.27. The van der Waals surface area contributed by atoms with E-state index in [1.165, 1.54) is 17.3 Å². The summed E-state index contributed by atoms with van der Waals surface area (Å²) in [6, 6.07) is 6.39. The van der Waals surface area contributed by atoms with E-state index in [9.17, 15) is 4.79 Å². The van der Waals surface area contributed by atoms with Crippen molar-refractivity contribution in [3.05, 3.63) is 23.8 Å². The van der Waals surface area contributed by atoms with Gasteiger partial charge in [0.2, 0.25) is 11.1 Å². The number of carbonyl (C=O) groups excluding carboxylic acids is 1. The highest BCUT2D eigenvalue weighted by Gasteiger charge is 2.14. The summed E-state index contributed by atoms with van der Waals surface area (Å²) < 4.78 is 2.03. The lowest BCUT2D eigenvalue weighted by atomic mass is 10.1. The van der Waals surface area contributed by atoms with Gasteiger partial charge in [0.1, 0.15) is 5.52 Å². The van der Waals surface area contributed by atoms with Crippen molar-refractivity contribution >= 4 is 39.7 Å². The van der Waals surface area contributed by atoms with Crippen LogP contribution in [0.15, 0.2) is 23.4 Å². The quantitative estimate of drug-likeness (QED) is 0.645. The first-order valence-corrected chi connectivity index (χ1v) is 9.99. The summed E-state index contributed by atoms with van der Waals surface area (Å²) in [4.78, 5) is 16.5. The van der Waals surface area contributed by atoms with E-state index < -0.39 is 0 Å². The highest BCUT2D eigenvalue weighted by atomic mass is 32.2. The van der Waals surface area contributed by atoms with Gasteiger partial charge < -0.3 is 9.88 Å². The molecule has 26 heavy (non-hydrogen) atoms. The number of thioether (sulfide) groups is 1. The number of aromatic nitrogens is 4. The van der Waals surface area contributed by atoms with Gasteiger partial charge in [-0.15, -0.1) is 10.2 Å². The van der Waals surface area contributed by atoms with Crippen LogP contribution >= 0.6 is 11.8 Å². The number of aryl methyl sites for hydroxylation is 2. The maximum absolute atomic E-state index is 11.9. The SMILES string of the molecule is CCc1ccc2c(c1)c1nnc(SCC(=O)NCCC(C)C)nc1n2C. The molecule has 1 aromatic carbocycles. The monoisotopic (exact) mass is 371 g/mol. The van der Waals surface area contributed by atoms with Gasteiger partial charge in [-0.25, -0.2) is 4.98 Å². The van der Waals surface area contributed by atoms with E-state index >= 15 is 0 Å². The second-order valence-electron chi connectivity index (χ2n) is 6.85. The van der Waals surface area contributed by atoms with Crippen LogP contribution in [0.25, 0.3) is 22.1 Å². The molecule has 0 aliphatic heterocycles. The van der Waals surface area contributed by atoms with E-state index in [0.717, 1.165) is 34.9 Å². The lowest BCUT2D eigenvalue weighted by molar-refractivity contribution is -0.118. The van der Waals surface area contributed by atoms with Crippen LogP contribution in [-0.4, -0.2) is 38.0 Å². The normalized spacial score (nSPS) is 11.6. The van der Waals surface area contributed by atoms with Crippen LogP contribution in [0.1, 0.15) is 32.8 Å². The largest absolute Gasteiger partial charge is 0.355 e. The predicted molar refractivity (Wildman–Crippen MR) is 106 cm³/mol. The van der Waals surface area contributed by atoms with E-state index in [1.54, 1.807) is 0 Å². The summed E-state index contributed by atoms with van der Waals surface area (Å²) >= 11 is 1.32. The summed E-state index contributed by atoms with van der Waals surface area (Å²) in [5.41, 5.74) is 3.96. The van der Waals surface area contributed by atoms with Gasteiger partial charge in [0.05, 0.1) is 11.3 Å². The van der Waals surface area contributed by atoms with Crippen molar-refractivity contribution in [2.45, 2.75) is 38.8 Å². The fraction of sp³-hybridized carbons (Fsp3) is 0.474. The number of hydrogen-bond donors (Lipinski definition) is 1. The molecule has 0 radical (unpaired) electrons. The average molecular weight is 372 g/mol. The van der Waals surface area contributed by atoms with Gasteiger partial charge in [-0.2, -0.15) is 0 Å². The zero-order chi connectivity index (χ0) is 18.7. The summed E-state index contributed by atoms with van der Waals surface area (Å²) in [6.07, 6.45) is 1.96. The van der Waals surface area contributed by atoms with Crippen LogP contribution in [0.4, 0.5) is 0 Å². The molecule has 0 fully saturated rings. The molecule has 6 nitrogen and oxygen atoms in total. The van der Waals surface area contributed by atoms with E-state index in [-0.39, 0.29) is 5.91 Å². The van der Waals surface area contributed by atoms with Crippen LogP contribution in [0, 0.1) is 5.92 Å². The molecule has 3 rings (SSSR count). The van der Waals surface area contributed by atoms with Crippen LogP contribution < -0.4 is 5.32 Å². The van der Waals surface area contributed by atoms with E-state index in [2.05, 4.69) is 59.5 Å². The van der Waals surface area contributed by atoms with Crippen molar-refractivity contribution in [3.63, 3.8) is 0 Å². The second-order valence-corrected chi connectivity index (χ2v) is 7.79. The molecular formula is C19H25N5OS. The maximum Gasteiger partial charge on any atom is 0.230 e. The minimum Gasteiger partial charge on any atom is -0.355 e. The number of rotatable bonds is 7.